The van der Waals surface area contributed by atoms with E-state index in [1.165, 1.54) is 12.1 Å². The van der Waals surface area contributed by atoms with Gasteiger partial charge in [0, 0.05) is 19.3 Å². The van der Waals surface area contributed by atoms with Gasteiger partial charge in [-0.1, -0.05) is 11.6 Å². The van der Waals surface area contributed by atoms with Gasteiger partial charge in [0.25, 0.3) is 5.91 Å². The lowest BCUT2D eigenvalue weighted by atomic mass is 10.1. The number of hydrogen-bond donors (Lipinski definition) is 3. The molecule has 1 amide bonds. The van der Waals surface area contributed by atoms with Crippen molar-refractivity contribution in [3.05, 3.63) is 53.2 Å². The lowest BCUT2D eigenvalue weighted by molar-refractivity contribution is -0.137. The molecule has 0 atom stereocenters. The maximum atomic E-state index is 12.5. The number of anilines is 2. The smallest absolute Gasteiger partial charge is 0.368 e. The Labute approximate surface area is 160 Å². The molecule has 152 valence electrons. The second kappa shape index (κ2) is 8.46. The topological polar surface area (TPSA) is 100 Å². The van der Waals surface area contributed by atoms with E-state index in [0.29, 0.717) is 0 Å². The van der Waals surface area contributed by atoms with Crippen molar-refractivity contribution < 1.29 is 26.4 Å². The summed E-state index contributed by atoms with van der Waals surface area (Å²) in [6.07, 6.45) is -2.75. The van der Waals surface area contributed by atoms with Crippen molar-refractivity contribution in [3.8, 4) is 0 Å². The van der Waals surface area contributed by atoms with Crippen molar-refractivity contribution in [1.82, 2.24) is 10.3 Å². The average Bonchev–Trinajstić information content (AvgIpc) is 2.58. The highest BCUT2D eigenvalue weighted by Crippen LogP contribution is 2.28. The molecule has 0 saturated carbocycles. The Morgan fingerprint density at radius 1 is 1.14 bits per heavy atom. The zero-order valence-electron chi connectivity index (χ0n) is 15.1. The van der Waals surface area contributed by atoms with E-state index in [-0.39, 0.29) is 30.2 Å². The summed E-state index contributed by atoms with van der Waals surface area (Å²) < 4.78 is 62.6. The molecule has 0 aliphatic rings. The van der Waals surface area contributed by atoms with E-state index >= 15 is 0 Å². The molecule has 1 aromatic carbocycles. The quantitative estimate of drug-likeness (QED) is 0.603. The summed E-state index contributed by atoms with van der Waals surface area (Å²) in [5.41, 5.74) is 0.244. The minimum Gasteiger partial charge on any atom is -0.368 e. The molecule has 1 heterocycles. The molecule has 0 aliphatic carbocycles. The van der Waals surface area contributed by atoms with E-state index in [1.54, 1.807) is 19.1 Å². The van der Waals surface area contributed by atoms with Crippen molar-refractivity contribution in [3.63, 3.8) is 0 Å². The van der Waals surface area contributed by atoms with Gasteiger partial charge in [-0.05, 0) is 31.2 Å². The van der Waals surface area contributed by atoms with Crippen LogP contribution < -0.4 is 15.4 Å². The SMILES string of the molecule is Cc1ccc(NS(C)(=O)=O)c(C(=O)NCCNc2ccc(C(F)(F)F)cn2)c1. The number of alkyl halides is 3. The molecule has 0 aliphatic heterocycles. The highest BCUT2D eigenvalue weighted by atomic mass is 32.2. The molecule has 3 N–H and O–H groups in total. The molecule has 28 heavy (non-hydrogen) atoms. The standard InChI is InChI=1S/C17H19F3N4O3S/c1-11-3-5-14(24-28(2,26)27)13(9-11)16(25)22-8-7-21-15-6-4-12(10-23-15)17(18,19)20/h3-6,9-10,24H,7-8H2,1-2H3,(H,21,23)(H,22,25). The number of sulfonamides is 1. The highest BCUT2D eigenvalue weighted by Gasteiger charge is 2.30. The fraction of sp³-hybridized carbons (Fsp3) is 0.294. The van der Waals surface area contributed by atoms with Crippen LogP contribution in [0, 0.1) is 6.92 Å². The van der Waals surface area contributed by atoms with Crippen LogP contribution in [0.25, 0.3) is 0 Å². The fourth-order valence-corrected chi connectivity index (χ4v) is 2.84. The van der Waals surface area contributed by atoms with Crippen LogP contribution in [0.5, 0.6) is 0 Å². The lowest BCUT2D eigenvalue weighted by Crippen LogP contribution is -2.30. The number of carbonyl (C=O) groups is 1. The van der Waals surface area contributed by atoms with Crippen molar-refractivity contribution in [1.29, 1.82) is 0 Å². The molecule has 2 aromatic rings. The summed E-state index contributed by atoms with van der Waals surface area (Å²) in [6.45, 7) is 2.12. The van der Waals surface area contributed by atoms with E-state index < -0.39 is 27.7 Å². The summed E-state index contributed by atoms with van der Waals surface area (Å²) in [4.78, 5) is 16.0. The molecule has 0 radical (unpaired) electrons. The molecular formula is C17H19F3N4O3S. The second-order valence-electron chi connectivity index (χ2n) is 6.04. The summed E-state index contributed by atoms with van der Waals surface area (Å²) in [5.74, 6) is -0.255. The number of nitrogens with one attached hydrogen (secondary N) is 3. The van der Waals surface area contributed by atoms with Crippen LogP contribution in [0.4, 0.5) is 24.7 Å². The molecule has 1 aromatic heterocycles. The Bertz CT molecular complexity index is 945. The maximum absolute atomic E-state index is 12.5. The largest absolute Gasteiger partial charge is 0.417 e. The maximum Gasteiger partial charge on any atom is 0.417 e. The number of pyridine rings is 1. The van der Waals surface area contributed by atoms with Gasteiger partial charge in [0.05, 0.1) is 23.1 Å². The van der Waals surface area contributed by atoms with Gasteiger partial charge in [-0.15, -0.1) is 0 Å². The molecule has 11 heteroatoms. The Kier molecular flexibility index (Phi) is 6.49. The van der Waals surface area contributed by atoms with Crippen LogP contribution in [-0.2, 0) is 16.2 Å². The molecule has 7 nitrogen and oxygen atoms in total. The molecule has 0 unspecified atom stereocenters. The van der Waals surface area contributed by atoms with E-state index in [1.807, 2.05) is 0 Å². The first-order valence-electron chi connectivity index (χ1n) is 8.09. The van der Waals surface area contributed by atoms with Gasteiger partial charge in [-0.25, -0.2) is 13.4 Å². The van der Waals surface area contributed by atoms with Crippen LogP contribution in [-0.4, -0.2) is 38.7 Å². The van der Waals surface area contributed by atoms with Crippen LogP contribution in [0.1, 0.15) is 21.5 Å². The number of aromatic nitrogens is 1. The molecule has 0 spiro atoms. The van der Waals surface area contributed by atoms with Gasteiger partial charge in [0.15, 0.2) is 0 Å². The number of benzene rings is 1. The van der Waals surface area contributed by atoms with E-state index in [2.05, 4.69) is 20.3 Å². The second-order valence-corrected chi connectivity index (χ2v) is 7.78. The highest BCUT2D eigenvalue weighted by molar-refractivity contribution is 7.92. The molecule has 0 bridgehead atoms. The first-order chi connectivity index (χ1) is 13.0. The summed E-state index contributed by atoms with van der Waals surface area (Å²) in [6, 6.07) is 6.81. The first kappa shape index (κ1) is 21.5. The van der Waals surface area contributed by atoms with Crippen LogP contribution >= 0.6 is 0 Å². The minimum atomic E-state index is -4.45. The van der Waals surface area contributed by atoms with E-state index in [0.717, 1.165) is 24.1 Å². The summed E-state index contributed by atoms with van der Waals surface area (Å²) in [7, 11) is -3.55. The van der Waals surface area contributed by atoms with Gasteiger partial charge >= 0.3 is 6.18 Å². The van der Waals surface area contributed by atoms with Crippen LogP contribution in [0.2, 0.25) is 0 Å². The van der Waals surface area contributed by atoms with Crippen LogP contribution in [0.15, 0.2) is 36.5 Å². The predicted octanol–water partition coefficient (Wildman–Crippen LogP) is 2.62. The van der Waals surface area contributed by atoms with Gasteiger partial charge in [0.2, 0.25) is 10.0 Å². The zero-order chi connectivity index (χ0) is 20.9. The number of halogens is 3. The van der Waals surface area contributed by atoms with Gasteiger partial charge in [-0.3, -0.25) is 9.52 Å². The Morgan fingerprint density at radius 3 is 2.43 bits per heavy atom. The third-order valence-electron chi connectivity index (χ3n) is 3.52. The minimum absolute atomic E-state index is 0.147. The number of rotatable bonds is 7. The van der Waals surface area contributed by atoms with Crippen molar-refractivity contribution in [2.24, 2.45) is 0 Å². The third-order valence-corrected chi connectivity index (χ3v) is 4.11. The zero-order valence-corrected chi connectivity index (χ0v) is 15.9. The monoisotopic (exact) mass is 416 g/mol. The molecule has 0 saturated heterocycles. The summed E-state index contributed by atoms with van der Waals surface area (Å²) in [5, 5.41) is 5.40. The molecular weight excluding hydrogens is 397 g/mol. The van der Waals surface area contributed by atoms with Crippen molar-refractivity contribution >= 4 is 27.4 Å². The van der Waals surface area contributed by atoms with E-state index in [4.69, 9.17) is 0 Å². The number of amides is 1. The number of nitrogens with zero attached hydrogens (tertiary/aromatic N) is 1. The van der Waals surface area contributed by atoms with Crippen molar-refractivity contribution in [2.75, 3.05) is 29.4 Å². The van der Waals surface area contributed by atoms with Gasteiger partial charge in [0.1, 0.15) is 5.82 Å². The van der Waals surface area contributed by atoms with Crippen LogP contribution in [0.3, 0.4) is 0 Å². The Hall–Kier alpha value is -2.82. The first-order valence-corrected chi connectivity index (χ1v) is 9.98. The normalized spacial score (nSPS) is 11.8. The molecule has 0 fully saturated rings. The lowest BCUT2D eigenvalue weighted by Gasteiger charge is -2.13. The predicted molar refractivity (Wildman–Crippen MR) is 99.7 cm³/mol. The summed E-state index contributed by atoms with van der Waals surface area (Å²) >= 11 is 0. The third kappa shape index (κ3) is 6.41. The number of hydrogen-bond acceptors (Lipinski definition) is 5. The molecule has 2 rings (SSSR count). The fourth-order valence-electron chi connectivity index (χ4n) is 2.26. The number of aryl methyl sites for hydroxylation is 1. The Morgan fingerprint density at radius 2 is 1.86 bits per heavy atom. The average molecular weight is 416 g/mol. The van der Waals surface area contributed by atoms with Gasteiger partial charge in [-0.2, -0.15) is 13.2 Å². The van der Waals surface area contributed by atoms with E-state index in [9.17, 15) is 26.4 Å². The Balaban J connectivity index is 1.93. The van der Waals surface area contributed by atoms with Gasteiger partial charge < -0.3 is 10.6 Å². The van der Waals surface area contributed by atoms with Crippen molar-refractivity contribution in [2.45, 2.75) is 13.1 Å². The number of carbonyl (C=O) groups excluding carboxylic acids is 1.